The zero-order valence-corrected chi connectivity index (χ0v) is 21.2. The summed E-state index contributed by atoms with van der Waals surface area (Å²) in [5, 5.41) is 3.34. The molecule has 0 aliphatic carbocycles. The van der Waals surface area contributed by atoms with Gasteiger partial charge in [-0.2, -0.15) is 0 Å². The maximum atomic E-state index is 13.4. The van der Waals surface area contributed by atoms with Crippen LogP contribution in [0.5, 0.6) is 0 Å². The molecular weight excluding hydrogens is 470 g/mol. The first kappa shape index (κ1) is 25.6. The number of benzene rings is 3. The first-order chi connectivity index (χ1) is 16.3. The van der Waals surface area contributed by atoms with Gasteiger partial charge in [0.2, 0.25) is 5.91 Å². The van der Waals surface area contributed by atoms with E-state index in [4.69, 9.17) is 11.6 Å². The number of rotatable bonds is 10. The lowest BCUT2D eigenvalue weighted by Crippen LogP contribution is -2.41. The van der Waals surface area contributed by atoms with E-state index < -0.39 is 15.9 Å². The standard InChI is InChI=1S/C26H30ClN3O3S/c1-4-29(5-2)23-14-11-21(12-15-23)18-28-26(31)19-30(25-16-13-22(27)17-20(25)3)34(32,33)24-9-7-6-8-10-24/h6-17H,4-5,18-19H2,1-3H3,(H,28,31). The van der Waals surface area contributed by atoms with Gasteiger partial charge in [0.1, 0.15) is 6.54 Å². The van der Waals surface area contributed by atoms with Gasteiger partial charge in [0.05, 0.1) is 10.6 Å². The summed E-state index contributed by atoms with van der Waals surface area (Å²) >= 11 is 6.08. The fraction of sp³-hybridized carbons (Fsp3) is 0.269. The van der Waals surface area contributed by atoms with Crippen LogP contribution in [0.1, 0.15) is 25.0 Å². The Kier molecular flexibility index (Phi) is 8.58. The number of amides is 1. The minimum Gasteiger partial charge on any atom is -0.372 e. The predicted molar refractivity (Wildman–Crippen MR) is 139 cm³/mol. The number of carbonyl (C=O) groups excluding carboxylic acids is 1. The van der Waals surface area contributed by atoms with Crippen molar-refractivity contribution in [3.05, 3.63) is 88.9 Å². The number of carbonyl (C=O) groups is 1. The van der Waals surface area contributed by atoms with Crippen molar-refractivity contribution in [1.82, 2.24) is 5.32 Å². The van der Waals surface area contributed by atoms with Crippen LogP contribution in [0, 0.1) is 6.92 Å². The van der Waals surface area contributed by atoms with Crippen LogP contribution >= 0.6 is 11.6 Å². The Bertz CT molecular complexity index is 1210. The second-order valence-corrected chi connectivity index (χ2v) is 10.2. The molecule has 0 saturated carbocycles. The molecule has 0 aliphatic rings. The normalized spacial score (nSPS) is 11.2. The molecule has 0 bridgehead atoms. The van der Waals surface area contributed by atoms with E-state index >= 15 is 0 Å². The van der Waals surface area contributed by atoms with Crippen molar-refractivity contribution in [2.45, 2.75) is 32.2 Å². The molecule has 0 radical (unpaired) electrons. The molecule has 0 spiro atoms. The summed E-state index contributed by atoms with van der Waals surface area (Å²) in [4.78, 5) is 15.2. The summed E-state index contributed by atoms with van der Waals surface area (Å²) < 4.78 is 28.0. The van der Waals surface area contributed by atoms with Crippen LogP contribution < -0.4 is 14.5 Å². The van der Waals surface area contributed by atoms with Gasteiger partial charge in [-0.3, -0.25) is 9.10 Å². The maximum Gasteiger partial charge on any atom is 0.264 e. The molecule has 0 aromatic heterocycles. The molecule has 0 aliphatic heterocycles. The molecule has 0 heterocycles. The highest BCUT2D eigenvalue weighted by atomic mass is 35.5. The summed E-state index contributed by atoms with van der Waals surface area (Å²) in [6.45, 7) is 7.77. The second-order valence-electron chi connectivity index (χ2n) is 7.87. The zero-order valence-electron chi connectivity index (χ0n) is 19.7. The van der Waals surface area contributed by atoms with Gasteiger partial charge >= 0.3 is 0 Å². The molecular formula is C26H30ClN3O3S. The number of hydrogen-bond donors (Lipinski definition) is 1. The van der Waals surface area contributed by atoms with Crippen molar-refractivity contribution in [3.8, 4) is 0 Å². The zero-order chi connectivity index (χ0) is 24.7. The Morgan fingerprint density at radius 1 is 0.941 bits per heavy atom. The van der Waals surface area contributed by atoms with Crippen LogP contribution in [0.4, 0.5) is 11.4 Å². The molecule has 34 heavy (non-hydrogen) atoms. The number of aryl methyl sites for hydroxylation is 1. The maximum absolute atomic E-state index is 13.4. The molecule has 0 unspecified atom stereocenters. The van der Waals surface area contributed by atoms with E-state index in [1.165, 1.54) is 12.1 Å². The lowest BCUT2D eigenvalue weighted by Gasteiger charge is -2.26. The van der Waals surface area contributed by atoms with Crippen molar-refractivity contribution >= 4 is 38.9 Å². The van der Waals surface area contributed by atoms with Crippen molar-refractivity contribution < 1.29 is 13.2 Å². The Morgan fingerprint density at radius 2 is 1.59 bits per heavy atom. The van der Waals surface area contributed by atoms with Gasteiger partial charge in [-0.1, -0.05) is 41.9 Å². The minimum absolute atomic E-state index is 0.115. The molecule has 0 fully saturated rings. The quantitative estimate of drug-likeness (QED) is 0.426. The van der Waals surface area contributed by atoms with Crippen molar-refractivity contribution in [2.24, 2.45) is 0 Å². The fourth-order valence-corrected chi connectivity index (χ4v) is 5.45. The Morgan fingerprint density at radius 3 is 2.18 bits per heavy atom. The summed E-state index contributed by atoms with van der Waals surface area (Å²) in [5.41, 5.74) is 3.13. The number of nitrogens with one attached hydrogen (secondary N) is 1. The largest absolute Gasteiger partial charge is 0.372 e. The lowest BCUT2D eigenvalue weighted by atomic mass is 10.2. The summed E-state index contributed by atoms with van der Waals surface area (Å²) in [6.07, 6.45) is 0. The Balaban J connectivity index is 1.79. The number of halogens is 1. The van der Waals surface area contributed by atoms with Gasteiger partial charge in [0.25, 0.3) is 10.0 Å². The van der Waals surface area contributed by atoms with Gasteiger partial charge in [-0.05, 0) is 74.4 Å². The summed E-state index contributed by atoms with van der Waals surface area (Å²) in [5.74, 6) is -0.401. The van der Waals surface area contributed by atoms with Gasteiger partial charge in [0.15, 0.2) is 0 Å². The molecule has 3 rings (SSSR count). The molecule has 8 heteroatoms. The SMILES string of the molecule is CCN(CC)c1ccc(CNC(=O)CN(c2ccc(Cl)cc2C)S(=O)(=O)c2ccccc2)cc1. The average molecular weight is 500 g/mol. The van der Waals surface area contributed by atoms with Gasteiger partial charge in [-0.15, -0.1) is 0 Å². The highest BCUT2D eigenvalue weighted by molar-refractivity contribution is 7.92. The third kappa shape index (κ3) is 6.10. The van der Waals surface area contributed by atoms with E-state index in [0.29, 0.717) is 22.8 Å². The molecule has 3 aromatic carbocycles. The highest BCUT2D eigenvalue weighted by Gasteiger charge is 2.28. The lowest BCUT2D eigenvalue weighted by molar-refractivity contribution is -0.119. The number of hydrogen-bond acceptors (Lipinski definition) is 4. The van der Waals surface area contributed by atoms with E-state index in [-0.39, 0.29) is 11.4 Å². The third-order valence-electron chi connectivity index (χ3n) is 5.60. The Hall–Kier alpha value is -3.03. The monoisotopic (exact) mass is 499 g/mol. The van der Waals surface area contributed by atoms with E-state index in [1.54, 1.807) is 43.3 Å². The number of sulfonamides is 1. The van der Waals surface area contributed by atoms with E-state index in [1.807, 2.05) is 24.3 Å². The van der Waals surface area contributed by atoms with Crippen molar-refractivity contribution in [1.29, 1.82) is 0 Å². The van der Waals surface area contributed by atoms with Gasteiger partial charge in [0, 0.05) is 30.3 Å². The first-order valence-electron chi connectivity index (χ1n) is 11.2. The predicted octanol–water partition coefficient (Wildman–Crippen LogP) is 5.01. The Labute approximate surface area is 207 Å². The van der Waals surface area contributed by atoms with Crippen molar-refractivity contribution in [3.63, 3.8) is 0 Å². The van der Waals surface area contributed by atoms with Crippen LogP contribution in [0.2, 0.25) is 5.02 Å². The molecule has 1 N–H and O–H groups in total. The molecule has 0 atom stereocenters. The topological polar surface area (TPSA) is 69.7 Å². The molecule has 3 aromatic rings. The van der Waals surface area contributed by atoms with Gasteiger partial charge in [-0.25, -0.2) is 8.42 Å². The van der Waals surface area contributed by atoms with Crippen LogP contribution in [0.3, 0.4) is 0 Å². The molecule has 1 amide bonds. The fourth-order valence-electron chi connectivity index (χ4n) is 3.72. The van der Waals surface area contributed by atoms with E-state index in [0.717, 1.165) is 28.6 Å². The minimum atomic E-state index is -3.96. The second kappa shape index (κ2) is 11.4. The smallest absolute Gasteiger partial charge is 0.264 e. The summed E-state index contributed by atoms with van der Waals surface area (Å²) in [6, 6.07) is 21.0. The van der Waals surface area contributed by atoms with E-state index in [2.05, 4.69) is 24.1 Å². The highest BCUT2D eigenvalue weighted by Crippen LogP contribution is 2.28. The summed E-state index contributed by atoms with van der Waals surface area (Å²) in [7, 11) is -3.96. The van der Waals surface area contributed by atoms with Crippen LogP contribution in [0.15, 0.2) is 77.7 Å². The number of nitrogens with zero attached hydrogens (tertiary/aromatic N) is 2. The molecule has 6 nitrogen and oxygen atoms in total. The number of anilines is 2. The van der Waals surface area contributed by atoms with Crippen LogP contribution in [0.25, 0.3) is 0 Å². The van der Waals surface area contributed by atoms with Crippen LogP contribution in [-0.2, 0) is 21.4 Å². The first-order valence-corrected chi connectivity index (χ1v) is 13.0. The average Bonchev–Trinajstić information content (AvgIpc) is 2.84. The molecule has 0 saturated heterocycles. The van der Waals surface area contributed by atoms with Crippen LogP contribution in [-0.4, -0.2) is 34.0 Å². The van der Waals surface area contributed by atoms with Crippen molar-refractivity contribution in [2.75, 3.05) is 28.8 Å². The molecule has 180 valence electrons. The van der Waals surface area contributed by atoms with E-state index in [9.17, 15) is 13.2 Å². The van der Waals surface area contributed by atoms with Gasteiger partial charge < -0.3 is 10.2 Å². The third-order valence-corrected chi connectivity index (χ3v) is 7.61.